The van der Waals surface area contributed by atoms with Crippen LogP contribution in [-0.2, 0) is 0 Å². The Morgan fingerprint density at radius 1 is 0.789 bits per heavy atom. The van der Waals surface area contributed by atoms with Gasteiger partial charge in [-0.05, 0) is 48.5 Å². The van der Waals surface area contributed by atoms with E-state index in [0.29, 0.717) is 0 Å². The van der Waals surface area contributed by atoms with E-state index in [1.54, 1.807) is 0 Å². The number of hydrogen-bond acceptors (Lipinski definition) is 12. The van der Waals surface area contributed by atoms with Crippen LogP contribution >= 0.6 is 0 Å². The van der Waals surface area contributed by atoms with Gasteiger partial charge in [-0.25, -0.2) is 26.3 Å². The number of aromatic carboxylic acids is 2. The third-order valence-corrected chi connectivity index (χ3v) is 5.12. The van der Waals surface area contributed by atoms with Crippen LogP contribution in [0.15, 0.2) is 60.9 Å². The number of carboxylic acid groups (broad SMARTS) is 2. The lowest BCUT2D eigenvalue weighted by atomic mass is 10.1. The molecule has 0 amide bonds. The summed E-state index contributed by atoms with van der Waals surface area (Å²) in [5, 5.41) is 49.2. The first-order valence-corrected chi connectivity index (χ1v) is 10.5. The molecule has 0 atom stereocenters. The van der Waals surface area contributed by atoms with Gasteiger partial charge in [-0.1, -0.05) is 0 Å². The number of hydrogen-bond donors (Lipinski definition) is 8. The molecule has 0 aliphatic rings. The highest BCUT2D eigenvalue weighted by atomic mass is 16.4. The summed E-state index contributed by atoms with van der Waals surface area (Å²) in [5.41, 5.74) is 12.2. The van der Waals surface area contributed by atoms with Gasteiger partial charge < -0.3 is 31.9 Å². The normalized spacial score (nSPS) is 11.5. The molecule has 0 spiro atoms. The summed E-state index contributed by atoms with van der Waals surface area (Å²) in [4.78, 5) is 26.9. The average molecular weight is 518 g/mol. The van der Waals surface area contributed by atoms with Gasteiger partial charge in [0.1, 0.15) is 22.6 Å². The zero-order valence-electron chi connectivity index (χ0n) is 19.5. The zero-order chi connectivity index (χ0) is 28.1. The Kier molecular flexibility index (Phi) is 7.67. The first kappa shape index (κ1) is 26.8. The van der Waals surface area contributed by atoms with E-state index in [2.05, 4.69) is 4.98 Å². The number of carbonyl (C=O) groups is 2. The Bertz CT molecular complexity index is 1430. The molecule has 14 nitrogen and oxygen atoms in total. The molecule has 2 aromatic carbocycles. The SMILES string of the molecule is N#Cc1cc(/C(N)=C/N(N)c2ccc(O)c(C(=O)O)c2)nc(/C(N)=C/N(N)c2ccc(O)c(C(=O)O)c2)c1. The summed E-state index contributed by atoms with van der Waals surface area (Å²) in [7, 11) is 0. The number of aromatic hydroxyl groups is 2. The van der Waals surface area contributed by atoms with Crippen molar-refractivity contribution >= 4 is 34.7 Å². The summed E-state index contributed by atoms with van der Waals surface area (Å²) < 4.78 is 0. The van der Waals surface area contributed by atoms with Crippen LogP contribution in [-0.4, -0.2) is 37.3 Å². The Morgan fingerprint density at radius 2 is 1.18 bits per heavy atom. The van der Waals surface area contributed by atoms with Crippen LogP contribution < -0.4 is 33.2 Å². The minimum Gasteiger partial charge on any atom is -0.507 e. The number of anilines is 2. The Morgan fingerprint density at radius 3 is 1.53 bits per heavy atom. The maximum absolute atomic E-state index is 11.3. The number of pyridine rings is 1. The molecule has 0 bridgehead atoms. The Hall–Kier alpha value is -5.78. The second-order valence-corrected chi connectivity index (χ2v) is 7.73. The fraction of sp³-hybridized carbons (Fsp3) is 0. The van der Waals surface area contributed by atoms with Gasteiger partial charge in [0, 0.05) is 12.4 Å². The topological polar surface area (TPSA) is 262 Å². The quantitative estimate of drug-likeness (QED) is 0.153. The van der Waals surface area contributed by atoms with Crippen molar-refractivity contribution in [1.29, 1.82) is 5.26 Å². The van der Waals surface area contributed by atoms with Crippen molar-refractivity contribution in [2.24, 2.45) is 23.2 Å². The molecule has 0 unspecified atom stereocenters. The van der Waals surface area contributed by atoms with E-state index in [-0.39, 0.29) is 50.8 Å². The van der Waals surface area contributed by atoms with E-state index >= 15 is 0 Å². The van der Waals surface area contributed by atoms with E-state index in [9.17, 15) is 35.3 Å². The van der Waals surface area contributed by atoms with Crippen molar-refractivity contribution in [2.45, 2.75) is 0 Å². The molecule has 0 fully saturated rings. The molecule has 0 saturated carbocycles. The van der Waals surface area contributed by atoms with Crippen LogP contribution in [0.25, 0.3) is 11.4 Å². The summed E-state index contributed by atoms with van der Waals surface area (Å²) in [6.45, 7) is 0. The average Bonchev–Trinajstić information content (AvgIpc) is 2.88. The van der Waals surface area contributed by atoms with Gasteiger partial charge >= 0.3 is 11.9 Å². The Balaban J connectivity index is 1.95. The first-order chi connectivity index (χ1) is 17.9. The lowest BCUT2D eigenvalue weighted by Gasteiger charge is -2.17. The molecule has 194 valence electrons. The number of benzene rings is 2. The molecular weight excluding hydrogens is 496 g/mol. The summed E-state index contributed by atoms with van der Waals surface area (Å²) in [5.74, 6) is 8.38. The smallest absolute Gasteiger partial charge is 0.339 e. The molecule has 0 aliphatic heterocycles. The minimum atomic E-state index is -1.36. The fourth-order valence-corrected chi connectivity index (χ4v) is 3.18. The summed E-state index contributed by atoms with van der Waals surface area (Å²) in [6, 6.07) is 12.0. The lowest BCUT2D eigenvalue weighted by molar-refractivity contribution is 0.0682. The monoisotopic (exact) mass is 518 g/mol. The van der Waals surface area contributed by atoms with E-state index < -0.39 is 23.4 Å². The highest BCUT2D eigenvalue weighted by Crippen LogP contribution is 2.25. The van der Waals surface area contributed by atoms with Gasteiger partial charge in [-0.2, -0.15) is 5.26 Å². The van der Waals surface area contributed by atoms with Crippen LogP contribution in [0.2, 0.25) is 0 Å². The second-order valence-electron chi connectivity index (χ2n) is 7.73. The maximum atomic E-state index is 11.3. The van der Waals surface area contributed by atoms with Crippen LogP contribution in [0.5, 0.6) is 11.5 Å². The van der Waals surface area contributed by atoms with Crippen molar-refractivity contribution in [3.05, 3.63) is 89.0 Å². The molecule has 14 heteroatoms. The number of phenols is 2. The van der Waals surface area contributed by atoms with Gasteiger partial charge in [0.05, 0.1) is 45.8 Å². The number of rotatable bonds is 8. The third kappa shape index (κ3) is 5.88. The summed E-state index contributed by atoms with van der Waals surface area (Å²) >= 11 is 0. The van der Waals surface area contributed by atoms with E-state index in [0.717, 1.165) is 34.3 Å². The summed E-state index contributed by atoms with van der Waals surface area (Å²) in [6.07, 6.45) is 2.45. The highest BCUT2D eigenvalue weighted by molar-refractivity contribution is 5.92. The molecule has 0 radical (unpaired) electrons. The van der Waals surface area contributed by atoms with E-state index in [1.807, 2.05) is 6.07 Å². The van der Waals surface area contributed by atoms with E-state index in [4.69, 9.17) is 23.2 Å². The zero-order valence-corrected chi connectivity index (χ0v) is 19.5. The van der Waals surface area contributed by atoms with Gasteiger partial charge in [0.25, 0.3) is 0 Å². The van der Waals surface area contributed by atoms with Crippen LogP contribution in [0.4, 0.5) is 11.4 Å². The standard InChI is InChI=1S/C24H22N8O6/c25-9-12-5-19(17(26)10-31(28)13-1-3-21(33)15(7-13)23(35)36)30-20(6-12)18(27)11-32(29)14-2-4-22(34)16(8-14)24(37)38/h1-8,10-11,33-34H,26-29H2,(H,35,36)(H,37,38)/b17-10-,18-11-. The first-order valence-electron chi connectivity index (χ1n) is 10.5. The van der Waals surface area contributed by atoms with Crippen molar-refractivity contribution in [2.75, 3.05) is 10.0 Å². The molecular formula is C24H22N8O6. The molecule has 0 aliphatic carbocycles. The van der Waals surface area contributed by atoms with Gasteiger partial charge in [-0.3, -0.25) is 10.0 Å². The van der Waals surface area contributed by atoms with Gasteiger partial charge in [-0.15, -0.1) is 0 Å². The van der Waals surface area contributed by atoms with Gasteiger partial charge in [0.2, 0.25) is 0 Å². The minimum absolute atomic E-state index is 0.0159. The molecule has 1 aromatic heterocycles. The van der Waals surface area contributed by atoms with Gasteiger partial charge in [0.15, 0.2) is 0 Å². The number of carboxylic acids is 2. The van der Waals surface area contributed by atoms with Crippen molar-refractivity contribution in [1.82, 2.24) is 4.98 Å². The number of nitrogens with two attached hydrogens (primary N) is 4. The molecule has 0 saturated heterocycles. The molecule has 1 heterocycles. The maximum Gasteiger partial charge on any atom is 0.339 e. The molecule has 3 rings (SSSR count). The number of hydrazine groups is 2. The number of nitriles is 1. The number of aromatic nitrogens is 1. The predicted octanol–water partition coefficient (Wildman–Crippen LogP) is 1.04. The lowest BCUT2D eigenvalue weighted by Crippen LogP contribution is -2.26. The van der Waals surface area contributed by atoms with E-state index in [1.165, 1.54) is 36.7 Å². The second kappa shape index (κ2) is 10.9. The fourth-order valence-electron chi connectivity index (χ4n) is 3.18. The molecule has 3 aromatic rings. The van der Waals surface area contributed by atoms with Crippen molar-refractivity contribution < 1.29 is 30.0 Å². The number of nitrogens with zero attached hydrogens (tertiary/aromatic N) is 4. The van der Waals surface area contributed by atoms with Crippen LogP contribution in [0.1, 0.15) is 37.7 Å². The predicted molar refractivity (Wildman–Crippen MR) is 137 cm³/mol. The Labute approximate surface area is 215 Å². The molecule has 38 heavy (non-hydrogen) atoms. The van der Waals surface area contributed by atoms with Crippen LogP contribution in [0, 0.1) is 11.3 Å². The van der Waals surface area contributed by atoms with Crippen LogP contribution in [0.3, 0.4) is 0 Å². The third-order valence-electron chi connectivity index (χ3n) is 5.12. The largest absolute Gasteiger partial charge is 0.507 e. The van der Waals surface area contributed by atoms with Crippen molar-refractivity contribution in [3.8, 4) is 17.6 Å². The highest BCUT2D eigenvalue weighted by Gasteiger charge is 2.15. The molecule has 12 N–H and O–H groups in total. The van der Waals surface area contributed by atoms with Crippen molar-refractivity contribution in [3.63, 3.8) is 0 Å².